The van der Waals surface area contributed by atoms with Crippen molar-refractivity contribution < 1.29 is 19.4 Å². The highest BCUT2D eigenvalue weighted by Crippen LogP contribution is 2.18. The van der Waals surface area contributed by atoms with Gasteiger partial charge in [0.25, 0.3) is 0 Å². The molecule has 0 saturated carbocycles. The number of carbonyl (C=O) groups excluding carboxylic acids is 1. The van der Waals surface area contributed by atoms with Crippen molar-refractivity contribution in [2.45, 2.75) is 12.5 Å². The van der Waals surface area contributed by atoms with Gasteiger partial charge in [-0.25, -0.2) is 4.79 Å². The van der Waals surface area contributed by atoms with Gasteiger partial charge in [-0.1, -0.05) is 12.1 Å². The van der Waals surface area contributed by atoms with Crippen LogP contribution in [-0.4, -0.2) is 31.9 Å². The third-order valence-corrected chi connectivity index (χ3v) is 2.29. The second kappa shape index (κ2) is 6.25. The maximum atomic E-state index is 11.3. The molecule has 1 N–H and O–H groups in total. The van der Waals surface area contributed by atoms with Crippen LogP contribution in [0.1, 0.15) is 28.4 Å². The van der Waals surface area contributed by atoms with E-state index in [9.17, 15) is 9.90 Å². The number of ether oxygens (including phenoxy) is 2. The van der Waals surface area contributed by atoms with Crippen LogP contribution in [0.5, 0.6) is 0 Å². The van der Waals surface area contributed by atoms with E-state index in [2.05, 4.69) is 4.74 Å². The molecule has 0 aromatic heterocycles. The summed E-state index contributed by atoms with van der Waals surface area (Å²) in [4.78, 5) is 11.3. The topological polar surface area (TPSA) is 55.8 Å². The zero-order chi connectivity index (χ0) is 12.0. The minimum atomic E-state index is -0.621. The summed E-state index contributed by atoms with van der Waals surface area (Å²) < 4.78 is 9.49. The number of aliphatic hydroxyl groups is 1. The summed E-state index contributed by atoms with van der Waals surface area (Å²) in [6.07, 6.45) is -0.120. The van der Waals surface area contributed by atoms with Crippen LogP contribution in [0, 0.1) is 0 Å². The lowest BCUT2D eigenvalue weighted by molar-refractivity contribution is 0.0600. The van der Waals surface area contributed by atoms with Crippen LogP contribution in [0.15, 0.2) is 24.3 Å². The lowest BCUT2D eigenvalue weighted by atomic mass is 10.0. The van der Waals surface area contributed by atoms with Gasteiger partial charge in [0.05, 0.1) is 18.8 Å². The highest BCUT2D eigenvalue weighted by atomic mass is 16.5. The molecule has 88 valence electrons. The van der Waals surface area contributed by atoms with Crippen molar-refractivity contribution in [3.05, 3.63) is 35.4 Å². The molecule has 0 bridgehead atoms. The van der Waals surface area contributed by atoms with E-state index >= 15 is 0 Å². The van der Waals surface area contributed by atoms with E-state index in [0.29, 0.717) is 24.2 Å². The number of hydrogen-bond donors (Lipinski definition) is 1. The van der Waals surface area contributed by atoms with Crippen LogP contribution in [0.3, 0.4) is 0 Å². The first-order valence-electron chi connectivity index (χ1n) is 5.04. The normalized spacial score (nSPS) is 12.2. The Balaban J connectivity index is 2.77. The number of carbonyl (C=O) groups is 1. The molecule has 0 aliphatic carbocycles. The molecule has 1 atom stereocenters. The van der Waals surface area contributed by atoms with E-state index in [1.165, 1.54) is 7.11 Å². The van der Waals surface area contributed by atoms with Crippen molar-refractivity contribution in [3.8, 4) is 0 Å². The number of esters is 1. The summed E-state index contributed by atoms with van der Waals surface area (Å²) >= 11 is 0. The van der Waals surface area contributed by atoms with E-state index in [0.717, 1.165) is 0 Å². The summed E-state index contributed by atoms with van der Waals surface area (Å²) in [6.45, 7) is 0.476. The number of hydrogen-bond acceptors (Lipinski definition) is 4. The molecule has 0 radical (unpaired) electrons. The molecule has 1 aromatic carbocycles. The number of benzene rings is 1. The fourth-order valence-corrected chi connectivity index (χ4v) is 1.39. The van der Waals surface area contributed by atoms with Gasteiger partial charge in [0.2, 0.25) is 0 Å². The Labute approximate surface area is 94.8 Å². The fourth-order valence-electron chi connectivity index (χ4n) is 1.39. The minimum Gasteiger partial charge on any atom is -0.465 e. The Morgan fingerprint density at radius 2 is 2.19 bits per heavy atom. The van der Waals surface area contributed by atoms with Crippen molar-refractivity contribution in [2.75, 3.05) is 20.8 Å². The molecule has 0 aliphatic heterocycles. The lowest BCUT2D eigenvalue weighted by Gasteiger charge is -2.11. The van der Waals surface area contributed by atoms with Gasteiger partial charge in [-0.05, 0) is 17.7 Å². The summed E-state index contributed by atoms with van der Waals surface area (Å²) in [5, 5.41) is 9.80. The summed E-state index contributed by atoms with van der Waals surface area (Å²) in [7, 11) is 2.91. The molecule has 1 aromatic rings. The number of rotatable bonds is 5. The van der Waals surface area contributed by atoms with Crippen LogP contribution in [0.2, 0.25) is 0 Å². The van der Waals surface area contributed by atoms with E-state index < -0.39 is 12.1 Å². The van der Waals surface area contributed by atoms with Gasteiger partial charge in [0.1, 0.15) is 0 Å². The third-order valence-electron chi connectivity index (χ3n) is 2.29. The zero-order valence-electron chi connectivity index (χ0n) is 9.47. The highest BCUT2D eigenvalue weighted by Gasteiger charge is 2.11. The first-order valence-corrected chi connectivity index (χ1v) is 5.04. The van der Waals surface area contributed by atoms with Crippen LogP contribution < -0.4 is 0 Å². The monoisotopic (exact) mass is 224 g/mol. The molecule has 0 unspecified atom stereocenters. The number of methoxy groups -OCH3 is 2. The highest BCUT2D eigenvalue weighted by molar-refractivity contribution is 5.89. The Kier molecular flexibility index (Phi) is 4.95. The second-order valence-corrected chi connectivity index (χ2v) is 3.41. The first kappa shape index (κ1) is 12.7. The Morgan fingerprint density at radius 1 is 1.44 bits per heavy atom. The predicted molar refractivity (Wildman–Crippen MR) is 59.2 cm³/mol. The second-order valence-electron chi connectivity index (χ2n) is 3.41. The van der Waals surface area contributed by atoms with Gasteiger partial charge in [-0.15, -0.1) is 0 Å². The van der Waals surface area contributed by atoms with E-state index in [1.807, 2.05) is 0 Å². The largest absolute Gasteiger partial charge is 0.465 e. The molecule has 0 fully saturated rings. The van der Waals surface area contributed by atoms with Crippen LogP contribution in [0.25, 0.3) is 0 Å². The van der Waals surface area contributed by atoms with Crippen LogP contribution in [-0.2, 0) is 9.47 Å². The van der Waals surface area contributed by atoms with Crippen LogP contribution >= 0.6 is 0 Å². The summed E-state index contributed by atoms with van der Waals surface area (Å²) in [5.41, 5.74) is 1.14. The van der Waals surface area contributed by atoms with E-state index in [1.54, 1.807) is 31.4 Å². The van der Waals surface area contributed by atoms with Crippen molar-refractivity contribution >= 4 is 5.97 Å². The maximum Gasteiger partial charge on any atom is 0.337 e. The molecule has 0 aliphatic rings. The Morgan fingerprint density at radius 3 is 2.81 bits per heavy atom. The van der Waals surface area contributed by atoms with Gasteiger partial charge in [-0.2, -0.15) is 0 Å². The molecule has 1 rings (SSSR count). The smallest absolute Gasteiger partial charge is 0.337 e. The molecular formula is C12H16O4. The van der Waals surface area contributed by atoms with E-state index in [-0.39, 0.29) is 0 Å². The third kappa shape index (κ3) is 3.32. The quantitative estimate of drug-likeness (QED) is 0.771. The van der Waals surface area contributed by atoms with Crippen LogP contribution in [0.4, 0.5) is 0 Å². The van der Waals surface area contributed by atoms with Gasteiger partial charge in [0.15, 0.2) is 0 Å². The molecule has 4 nitrogen and oxygen atoms in total. The summed E-state index contributed by atoms with van der Waals surface area (Å²) in [5.74, 6) is -0.402. The molecule has 0 saturated heterocycles. The van der Waals surface area contributed by atoms with Gasteiger partial charge < -0.3 is 14.6 Å². The molecule has 0 heterocycles. The first-order chi connectivity index (χ1) is 7.69. The molecule has 4 heteroatoms. The molecule has 0 spiro atoms. The molecule has 16 heavy (non-hydrogen) atoms. The van der Waals surface area contributed by atoms with Gasteiger partial charge in [0, 0.05) is 20.1 Å². The zero-order valence-corrected chi connectivity index (χ0v) is 9.47. The van der Waals surface area contributed by atoms with Crippen molar-refractivity contribution in [1.29, 1.82) is 0 Å². The predicted octanol–water partition coefficient (Wildman–Crippen LogP) is 1.54. The van der Waals surface area contributed by atoms with Crippen molar-refractivity contribution in [2.24, 2.45) is 0 Å². The minimum absolute atomic E-state index is 0.402. The average Bonchev–Trinajstić information content (AvgIpc) is 2.35. The van der Waals surface area contributed by atoms with Crippen molar-refractivity contribution in [1.82, 2.24) is 0 Å². The maximum absolute atomic E-state index is 11.3. The average molecular weight is 224 g/mol. The van der Waals surface area contributed by atoms with Crippen molar-refractivity contribution in [3.63, 3.8) is 0 Å². The molecular weight excluding hydrogens is 208 g/mol. The fraction of sp³-hybridized carbons (Fsp3) is 0.417. The SMILES string of the molecule is COCC[C@@H](O)c1cccc(C(=O)OC)c1. The Bertz CT molecular complexity index is 349. The summed E-state index contributed by atoms with van der Waals surface area (Å²) in [6, 6.07) is 6.77. The number of aliphatic hydroxyl groups excluding tert-OH is 1. The van der Waals surface area contributed by atoms with Gasteiger partial charge in [-0.3, -0.25) is 0 Å². The lowest BCUT2D eigenvalue weighted by Crippen LogP contribution is -2.05. The van der Waals surface area contributed by atoms with Gasteiger partial charge >= 0.3 is 5.97 Å². The molecule has 0 amide bonds. The Hall–Kier alpha value is -1.39. The van der Waals surface area contributed by atoms with E-state index in [4.69, 9.17) is 4.74 Å². The standard InChI is InChI=1S/C12H16O4/c1-15-7-6-11(13)9-4-3-5-10(8-9)12(14)16-2/h3-5,8,11,13H,6-7H2,1-2H3/t11-/m1/s1.